The lowest BCUT2D eigenvalue weighted by molar-refractivity contribution is 0.266. The van der Waals surface area contributed by atoms with Crippen molar-refractivity contribution in [3.63, 3.8) is 0 Å². The molecule has 19 heavy (non-hydrogen) atoms. The van der Waals surface area contributed by atoms with Gasteiger partial charge >= 0.3 is 0 Å². The second-order valence-corrected chi connectivity index (χ2v) is 5.08. The Balaban J connectivity index is 2.00. The maximum Gasteiger partial charge on any atom is 0.287 e. The summed E-state index contributed by atoms with van der Waals surface area (Å²) in [6, 6.07) is 0. The molecule has 1 aromatic rings. The van der Waals surface area contributed by atoms with Crippen molar-refractivity contribution in [2.75, 3.05) is 31.6 Å². The summed E-state index contributed by atoms with van der Waals surface area (Å²) in [5.74, 6) is 0.595. The monoisotopic (exact) mass is 286 g/mol. The predicted molar refractivity (Wildman–Crippen MR) is 74.7 cm³/mol. The molecule has 1 aliphatic heterocycles. The lowest BCUT2D eigenvalue weighted by atomic mass is 9.98. The van der Waals surface area contributed by atoms with Crippen LogP contribution >= 0.6 is 11.6 Å². The van der Waals surface area contributed by atoms with Crippen LogP contribution in [0.25, 0.3) is 0 Å². The zero-order valence-electron chi connectivity index (χ0n) is 10.7. The first-order valence-corrected chi connectivity index (χ1v) is 6.91. The zero-order chi connectivity index (χ0) is 13.7. The number of piperidine rings is 1. The highest BCUT2D eigenvalue weighted by molar-refractivity contribution is 6.32. The molecular formula is C12H19ClN4O2. The molecule has 0 unspecified atom stereocenters. The Labute approximate surface area is 116 Å². The molecule has 0 aliphatic carbocycles. The number of hydrogen-bond acceptors (Lipinski definition) is 5. The van der Waals surface area contributed by atoms with E-state index in [0.29, 0.717) is 11.6 Å². The molecule has 106 valence electrons. The van der Waals surface area contributed by atoms with Crippen LogP contribution in [0, 0.1) is 5.92 Å². The smallest absolute Gasteiger partial charge is 0.287 e. The van der Waals surface area contributed by atoms with Crippen LogP contribution in [0.1, 0.15) is 12.8 Å². The largest absolute Gasteiger partial charge is 0.394 e. The van der Waals surface area contributed by atoms with Crippen molar-refractivity contribution in [1.29, 1.82) is 0 Å². The van der Waals surface area contributed by atoms with Gasteiger partial charge in [0.2, 0.25) is 0 Å². The number of aliphatic hydroxyl groups is 1. The fraction of sp³-hybridized carbons (Fsp3) is 0.667. The number of rotatable bonds is 5. The first kappa shape index (κ1) is 14.3. The molecule has 7 heteroatoms. The van der Waals surface area contributed by atoms with Crippen LogP contribution in [0.4, 0.5) is 5.69 Å². The fourth-order valence-electron chi connectivity index (χ4n) is 2.18. The average molecular weight is 287 g/mol. The van der Waals surface area contributed by atoms with Gasteiger partial charge in [0.05, 0.1) is 25.0 Å². The number of aromatic nitrogens is 2. The summed E-state index contributed by atoms with van der Waals surface area (Å²) in [4.78, 5) is 11.8. The minimum Gasteiger partial charge on any atom is -0.394 e. The van der Waals surface area contributed by atoms with Crippen LogP contribution < -0.4 is 16.2 Å². The summed E-state index contributed by atoms with van der Waals surface area (Å²) >= 11 is 6.02. The van der Waals surface area contributed by atoms with Gasteiger partial charge in [0.15, 0.2) is 0 Å². The first-order valence-electron chi connectivity index (χ1n) is 6.53. The van der Waals surface area contributed by atoms with Gasteiger partial charge in [-0.15, -0.1) is 0 Å². The number of nitrogens with zero attached hydrogens (tertiary/aromatic N) is 2. The molecule has 6 nitrogen and oxygen atoms in total. The van der Waals surface area contributed by atoms with Gasteiger partial charge in [-0.05, 0) is 31.8 Å². The number of hydrogen-bond donors (Lipinski definition) is 3. The molecule has 1 aromatic heterocycles. The SMILES string of the molecule is O=c1c(Cl)c(NCC2CCNCC2)cnn1CCO. The number of anilines is 1. The summed E-state index contributed by atoms with van der Waals surface area (Å²) in [6.07, 6.45) is 3.79. The molecule has 0 spiro atoms. The van der Waals surface area contributed by atoms with Crippen molar-refractivity contribution in [1.82, 2.24) is 15.1 Å². The van der Waals surface area contributed by atoms with Crippen LogP contribution in [0.5, 0.6) is 0 Å². The van der Waals surface area contributed by atoms with E-state index in [1.807, 2.05) is 0 Å². The summed E-state index contributed by atoms with van der Waals surface area (Å²) in [6.45, 7) is 2.90. The van der Waals surface area contributed by atoms with Gasteiger partial charge in [-0.25, -0.2) is 4.68 Å². The minimum atomic E-state index is -0.369. The van der Waals surface area contributed by atoms with Crippen molar-refractivity contribution in [2.45, 2.75) is 19.4 Å². The van der Waals surface area contributed by atoms with E-state index in [0.717, 1.165) is 37.2 Å². The summed E-state index contributed by atoms with van der Waals surface area (Å²) < 4.78 is 1.16. The molecule has 0 atom stereocenters. The van der Waals surface area contributed by atoms with Gasteiger partial charge in [0, 0.05) is 6.54 Å². The van der Waals surface area contributed by atoms with Gasteiger partial charge in [0.25, 0.3) is 5.56 Å². The molecule has 0 bridgehead atoms. The Kier molecular flexibility index (Phi) is 5.18. The summed E-state index contributed by atoms with van der Waals surface area (Å²) in [5, 5.41) is 19.4. The third-order valence-corrected chi connectivity index (χ3v) is 3.70. The Morgan fingerprint density at radius 3 is 2.95 bits per heavy atom. The molecule has 3 N–H and O–H groups in total. The van der Waals surface area contributed by atoms with Crippen molar-refractivity contribution in [2.24, 2.45) is 5.92 Å². The second kappa shape index (κ2) is 6.88. The average Bonchev–Trinajstić information content (AvgIpc) is 2.44. The fourth-order valence-corrected chi connectivity index (χ4v) is 2.40. The number of nitrogens with one attached hydrogen (secondary N) is 2. The van der Waals surface area contributed by atoms with Crippen LogP contribution in [-0.4, -0.2) is 41.1 Å². The van der Waals surface area contributed by atoms with Crippen LogP contribution in [0.3, 0.4) is 0 Å². The Morgan fingerprint density at radius 1 is 1.53 bits per heavy atom. The summed E-state index contributed by atoms with van der Waals surface area (Å²) in [7, 11) is 0. The lowest BCUT2D eigenvalue weighted by Gasteiger charge is -2.23. The van der Waals surface area contributed by atoms with Crippen molar-refractivity contribution in [3.05, 3.63) is 21.6 Å². The molecule has 1 fully saturated rings. The van der Waals surface area contributed by atoms with E-state index in [4.69, 9.17) is 16.7 Å². The van der Waals surface area contributed by atoms with E-state index >= 15 is 0 Å². The van der Waals surface area contributed by atoms with E-state index in [1.165, 1.54) is 0 Å². The highest BCUT2D eigenvalue weighted by atomic mass is 35.5. The van der Waals surface area contributed by atoms with E-state index in [-0.39, 0.29) is 23.7 Å². The van der Waals surface area contributed by atoms with E-state index in [1.54, 1.807) is 6.20 Å². The number of halogens is 1. The quantitative estimate of drug-likeness (QED) is 0.726. The van der Waals surface area contributed by atoms with E-state index in [9.17, 15) is 4.79 Å². The van der Waals surface area contributed by atoms with Crippen LogP contribution in [-0.2, 0) is 6.54 Å². The maximum absolute atomic E-state index is 11.8. The lowest BCUT2D eigenvalue weighted by Crippen LogP contribution is -2.31. The van der Waals surface area contributed by atoms with Gasteiger partial charge in [-0.3, -0.25) is 4.79 Å². The maximum atomic E-state index is 11.8. The van der Waals surface area contributed by atoms with Gasteiger partial charge in [-0.1, -0.05) is 11.6 Å². The highest BCUT2D eigenvalue weighted by Gasteiger charge is 2.14. The molecule has 0 amide bonds. The van der Waals surface area contributed by atoms with Crippen molar-refractivity contribution < 1.29 is 5.11 Å². The Bertz CT molecular complexity index is 471. The predicted octanol–water partition coefficient (Wildman–Crippen LogP) is 0.300. The molecule has 2 heterocycles. The topological polar surface area (TPSA) is 79.2 Å². The third kappa shape index (κ3) is 3.68. The second-order valence-electron chi connectivity index (χ2n) is 4.70. The molecule has 1 saturated heterocycles. The normalized spacial score (nSPS) is 16.5. The molecule has 0 aromatic carbocycles. The van der Waals surface area contributed by atoms with Gasteiger partial charge in [0.1, 0.15) is 5.02 Å². The molecule has 0 saturated carbocycles. The summed E-state index contributed by atoms with van der Waals surface area (Å²) in [5.41, 5.74) is 0.199. The van der Waals surface area contributed by atoms with Crippen LogP contribution in [0.2, 0.25) is 5.02 Å². The Hall–Kier alpha value is -1.11. The van der Waals surface area contributed by atoms with E-state index in [2.05, 4.69) is 15.7 Å². The van der Waals surface area contributed by atoms with Crippen molar-refractivity contribution >= 4 is 17.3 Å². The minimum absolute atomic E-state index is 0.134. The van der Waals surface area contributed by atoms with Crippen LogP contribution in [0.15, 0.2) is 11.0 Å². The molecule has 0 radical (unpaired) electrons. The van der Waals surface area contributed by atoms with Gasteiger partial charge in [-0.2, -0.15) is 5.10 Å². The zero-order valence-corrected chi connectivity index (χ0v) is 11.5. The first-order chi connectivity index (χ1) is 9.22. The highest BCUT2D eigenvalue weighted by Crippen LogP contribution is 2.18. The van der Waals surface area contributed by atoms with Crippen molar-refractivity contribution in [3.8, 4) is 0 Å². The van der Waals surface area contributed by atoms with Gasteiger partial charge < -0.3 is 15.7 Å². The third-order valence-electron chi connectivity index (χ3n) is 3.34. The Morgan fingerprint density at radius 2 is 2.26 bits per heavy atom. The number of aliphatic hydroxyl groups excluding tert-OH is 1. The molecule has 2 rings (SSSR count). The molecule has 1 aliphatic rings. The molecular weight excluding hydrogens is 268 g/mol. The standard InChI is InChI=1S/C12H19ClN4O2/c13-11-10(8-16-17(5-6-18)12(11)19)15-7-9-1-3-14-4-2-9/h8-9,14-15,18H,1-7H2. The van der Waals surface area contributed by atoms with E-state index < -0.39 is 0 Å².